The molecule has 0 saturated heterocycles. The summed E-state index contributed by atoms with van der Waals surface area (Å²) in [6, 6.07) is 0. The Morgan fingerprint density at radius 3 is 2.60 bits per heavy atom. The van der Waals surface area contributed by atoms with Crippen LogP contribution in [0.15, 0.2) is 0 Å². The van der Waals surface area contributed by atoms with Crippen LogP contribution in [0.3, 0.4) is 0 Å². The zero-order valence-electron chi connectivity index (χ0n) is 5.45. The van der Waals surface area contributed by atoms with E-state index in [0.717, 1.165) is 0 Å². The minimum Gasteiger partial charge on any atom is -0.481 e. The van der Waals surface area contributed by atoms with Crippen LogP contribution in [-0.2, 0) is 4.79 Å². The van der Waals surface area contributed by atoms with Crippen molar-refractivity contribution in [3.05, 3.63) is 0 Å². The summed E-state index contributed by atoms with van der Waals surface area (Å²) in [6.07, 6.45) is -0.737. The molecule has 0 aromatic carbocycles. The number of carboxylic acids is 1. The summed E-state index contributed by atoms with van der Waals surface area (Å²) in [6.45, 7) is 1.50. The smallest absolute Gasteiger partial charge is 0.308 e. The molecule has 0 aliphatic carbocycles. The van der Waals surface area contributed by atoms with Gasteiger partial charge in [-0.15, -0.1) is 0 Å². The van der Waals surface area contributed by atoms with E-state index in [-0.39, 0.29) is 0 Å². The average molecular weight is 276 g/mol. The largest absolute Gasteiger partial charge is 0.481 e. The first-order valence-electron chi connectivity index (χ1n) is 2.74. The van der Waals surface area contributed by atoms with Crippen LogP contribution < -0.4 is 0 Å². The van der Waals surface area contributed by atoms with Gasteiger partial charge in [0.05, 0.1) is 12.0 Å². The quantitative estimate of drug-likeness (QED) is 0.756. The molecule has 0 heterocycles. The molecule has 0 aliphatic rings. The molecular formula is C5H9IO3S. The molecule has 5 heteroatoms. The molecule has 0 unspecified atom stereocenters. The lowest BCUT2D eigenvalue weighted by atomic mass is 10.1. The summed E-state index contributed by atoms with van der Waals surface area (Å²) in [4.78, 5) is 10.2. The number of hydrogen-bond donors (Lipinski definition) is 2. The van der Waals surface area contributed by atoms with Gasteiger partial charge in [0.1, 0.15) is 0 Å². The molecule has 60 valence electrons. The van der Waals surface area contributed by atoms with E-state index in [0.29, 0.717) is 5.75 Å². The van der Waals surface area contributed by atoms with Gasteiger partial charge >= 0.3 is 5.97 Å². The van der Waals surface area contributed by atoms with Gasteiger partial charge in [0.2, 0.25) is 0 Å². The lowest BCUT2D eigenvalue weighted by Gasteiger charge is -2.11. The van der Waals surface area contributed by atoms with Gasteiger partial charge in [0.15, 0.2) is 0 Å². The maximum Gasteiger partial charge on any atom is 0.308 e. The van der Waals surface area contributed by atoms with Gasteiger partial charge in [-0.2, -0.15) is 0 Å². The first-order valence-corrected chi connectivity index (χ1v) is 6.26. The van der Waals surface area contributed by atoms with Gasteiger partial charge < -0.3 is 10.2 Å². The molecule has 0 amide bonds. The first kappa shape index (κ1) is 10.5. The maximum atomic E-state index is 10.2. The van der Waals surface area contributed by atoms with Crippen LogP contribution in [0.2, 0.25) is 0 Å². The molecular weight excluding hydrogens is 267 g/mol. The maximum absolute atomic E-state index is 10.2. The number of aliphatic hydroxyl groups is 1. The zero-order valence-corrected chi connectivity index (χ0v) is 8.42. The lowest BCUT2D eigenvalue weighted by molar-refractivity contribution is -0.144. The number of aliphatic carboxylic acids is 1. The van der Waals surface area contributed by atoms with Crippen LogP contribution in [-0.4, -0.2) is 28.0 Å². The Balaban J connectivity index is 3.69. The molecule has 0 rings (SSSR count). The molecule has 2 N–H and O–H groups in total. The highest BCUT2D eigenvalue weighted by Gasteiger charge is 2.20. The van der Waals surface area contributed by atoms with E-state index in [1.165, 1.54) is 15.9 Å². The Labute approximate surface area is 75.8 Å². The molecule has 3 nitrogen and oxygen atoms in total. The average Bonchev–Trinajstić information content (AvgIpc) is 1.87. The predicted molar refractivity (Wildman–Crippen MR) is 49.3 cm³/mol. The molecule has 0 aliphatic heterocycles. The second-order valence-electron chi connectivity index (χ2n) is 1.97. The number of hydrogen-bond acceptors (Lipinski definition) is 3. The monoisotopic (exact) mass is 276 g/mol. The second kappa shape index (κ2) is 5.20. The number of carboxylic acid groups (broad SMARTS) is 1. The summed E-state index contributed by atoms with van der Waals surface area (Å²) in [5, 5.41) is 17.5. The highest BCUT2D eigenvalue weighted by atomic mass is 127. The van der Waals surface area contributed by atoms with Crippen molar-refractivity contribution in [2.45, 2.75) is 13.0 Å². The molecule has 0 aromatic heterocycles. The summed E-state index contributed by atoms with van der Waals surface area (Å²) < 4.78 is 0. The third-order valence-corrected chi connectivity index (χ3v) is 2.75. The third kappa shape index (κ3) is 3.62. The Bertz CT molecular complexity index is 119. The van der Waals surface area contributed by atoms with Crippen molar-refractivity contribution in [1.29, 1.82) is 0 Å². The molecule has 0 radical (unpaired) electrons. The summed E-state index contributed by atoms with van der Waals surface area (Å²) in [7, 11) is 1.41. The van der Waals surface area contributed by atoms with E-state index >= 15 is 0 Å². The van der Waals surface area contributed by atoms with Crippen molar-refractivity contribution in [1.82, 2.24) is 0 Å². The Hall–Kier alpha value is 0.510. The number of rotatable bonds is 4. The molecule has 0 aromatic rings. The van der Waals surface area contributed by atoms with Crippen molar-refractivity contribution in [3.8, 4) is 0 Å². The van der Waals surface area contributed by atoms with Crippen molar-refractivity contribution < 1.29 is 15.0 Å². The zero-order chi connectivity index (χ0) is 8.15. The molecule has 10 heavy (non-hydrogen) atoms. The molecule has 0 spiro atoms. The van der Waals surface area contributed by atoms with Gasteiger partial charge in [-0.1, -0.05) is 8.93 Å². The van der Waals surface area contributed by atoms with Crippen LogP contribution in [0.4, 0.5) is 0 Å². The first-order chi connectivity index (χ1) is 4.59. The van der Waals surface area contributed by atoms with Gasteiger partial charge in [-0.3, -0.25) is 4.79 Å². The van der Waals surface area contributed by atoms with Crippen molar-refractivity contribution >= 4 is 36.1 Å². The number of halogens is 1. The molecule has 0 bridgehead atoms. The van der Waals surface area contributed by atoms with E-state index in [2.05, 4.69) is 0 Å². The normalized spacial score (nSPS) is 16.3. The summed E-state index contributed by atoms with van der Waals surface area (Å²) in [5.74, 6) is -1.14. The minimum atomic E-state index is -0.946. The van der Waals surface area contributed by atoms with Gasteiger partial charge in [0.25, 0.3) is 0 Å². The summed E-state index contributed by atoms with van der Waals surface area (Å²) >= 11 is 2.02. The molecule has 2 atom stereocenters. The van der Waals surface area contributed by atoms with E-state index in [1.54, 1.807) is 0 Å². The van der Waals surface area contributed by atoms with Gasteiger partial charge in [-0.25, -0.2) is 0 Å². The molecule has 0 saturated carbocycles. The molecule has 0 fully saturated rings. The highest BCUT2D eigenvalue weighted by molar-refractivity contribution is 14.2. The Kier molecular flexibility index (Phi) is 5.46. The van der Waals surface area contributed by atoms with E-state index in [4.69, 9.17) is 10.2 Å². The number of carbonyl (C=O) groups is 1. The SMILES string of the molecule is C[C@@H](C(=O)O)[C@H](O)CSI. The summed E-state index contributed by atoms with van der Waals surface area (Å²) in [5.41, 5.74) is 0. The van der Waals surface area contributed by atoms with Crippen LogP contribution in [0.1, 0.15) is 6.92 Å². The van der Waals surface area contributed by atoms with Crippen molar-refractivity contribution in [2.75, 3.05) is 5.75 Å². The fourth-order valence-electron chi connectivity index (χ4n) is 0.373. The topological polar surface area (TPSA) is 57.5 Å². The predicted octanol–water partition coefficient (Wildman–Crippen LogP) is 1.15. The van der Waals surface area contributed by atoms with Crippen molar-refractivity contribution in [3.63, 3.8) is 0 Å². The van der Waals surface area contributed by atoms with Crippen molar-refractivity contribution in [2.24, 2.45) is 5.92 Å². The Morgan fingerprint density at radius 2 is 2.30 bits per heavy atom. The van der Waals surface area contributed by atoms with Crippen LogP contribution >= 0.6 is 30.1 Å². The van der Waals surface area contributed by atoms with E-state index < -0.39 is 18.0 Å². The van der Waals surface area contributed by atoms with Crippen LogP contribution in [0.5, 0.6) is 0 Å². The minimum absolute atomic E-state index is 0.466. The fraction of sp³-hybridized carbons (Fsp3) is 0.800. The van der Waals surface area contributed by atoms with E-state index in [1.807, 2.05) is 21.2 Å². The van der Waals surface area contributed by atoms with E-state index in [9.17, 15) is 4.79 Å². The Morgan fingerprint density at radius 1 is 1.80 bits per heavy atom. The standard InChI is InChI=1S/C5H9IO3S/c1-3(5(8)9)4(7)2-10-6/h3-4,7H,2H2,1H3,(H,8,9)/t3-,4-/m1/s1. The van der Waals surface area contributed by atoms with Gasteiger partial charge in [-0.05, 0) is 28.1 Å². The highest BCUT2D eigenvalue weighted by Crippen LogP contribution is 2.16. The van der Waals surface area contributed by atoms with Gasteiger partial charge in [0, 0.05) is 5.75 Å². The third-order valence-electron chi connectivity index (χ3n) is 1.20. The van der Waals surface area contributed by atoms with Crippen LogP contribution in [0.25, 0.3) is 0 Å². The fourth-order valence-corrected chi connectivity index (χ4v) is 1.90. The number of aliphatic hydroxyl groups excluding tert-OH is 1. The second-order valence-corrected chi connectivity index (χ2v) is 4.39. The van der Waals surface area contributed by atoms with Crippen LogP contribution in [0, 0.1) is 5.92 Å². The lowest BCUT2D eigenvalue weighted by Crippen LogP contribution is -2.26.